The molecule has 0 aromatic rings. The molecule has 0 spiro atoms. The minimum Gasteiger partial charge on any atom is -0.301 e. The van der Waals surface area contributed by atoms with Crippen molar-refractivity contribution in [3.63, 3.8) is 0 Å². The fourth-order valence-electron chi connectivity index (χ4n) is 3.02. The Hall–Kier alpha value is -0.390. The van der Waals surface area contributed by atoms with E-state index in [1.165, 1.54) is 5.57 Å². The Morgan fingerprint density at radius 1 is 1.21 bits per heavy atom. The zero-order valence-electron chi connectivity index (χ0n) is 12.0. The predicted molar refractivity (Wildman–Crippen MR) is 79.1 cm³/mol. The van der Waals surface area contributed by atoms with E-state index in [0.717, 1.165) is 52.1 Å². The molecule has 4 nitrogen and oxygen atoms in total. The predicted octanol–water partition coefficient (Wildman–Crippen LogP) is 1.00. The highest BCUT2D eigenvalue weighted by Gasteiger charge is 2.28. The van der Waals surface area contributed by atoms with Gasteiger partial charge < -0.3 is 4.90 Å². The van der Waals surface area contributed by atoms with Crippen molar-refractivity contribution in [3.8, 4) is 0 Å². The molecule has 0 aromatic heterocycles. The number of hydrogen-bond donors (Lipinski definition) is 0. The Labute approximate surface area is 117 Å². The number of piperazine rings is 1. The van der Waals surface area contributed by atoms with E-state index in [-0.39, 0.29) is 0 Å². The van der Waals surface area contributed by atoms with Crippen molar-refractivity contribution < 1.29 is 8.42 Å². The Balaban J connectivity index is 1.65. The van der Waals surface area contributed by atoms with Crippen LogP contribution in [0.4, 0.5) is 0 Å². The van der Waals surface area contributed by atoms with Crippen LogP contribution in [0.5, 0.6) is 0 Å². The molecule has 0 saturated carbocycles. The van der Waals surface area contributed by atoms with Crippen LogP contribution in [0.2, 0.25) is 0 Å². The van der Waals surface area contributed by atoms with Gasteiger partial charge in [-0.25, -0.2) is 8.42 Å². The van der Waals surface area contributed by atoms with Crippen LogP contribution < -0.4 is 0 Å². The van der Waals surface area contributed by atoms with Gasteiger partial charge in [-0.1, -0.05) is 12.2 Å². The smallest absolute Gasteiger partial charge is 0.150 e. The Morgan fingerprint density at radius 3 is 2.37 bits per heavy atom. The summed E-state index contributed by atoms with van der Waals surface area (Å²) >= 11 is 0. The third kappa shape index (κ3) is 4.89. The largest absolute Gasteiger partial charge is 0.301 e. The summed E-state index contributed by atoms with van der Waals surface area (Å²) in [6.07, 6.45) is 1.91. The van der Waals surface area contributed by atoms with Gasteiger partial charge in [0.1, 0.15) is 0 Å². The zero-order valence-corrected chi connectivity index (χ0v) is 12.8. The van der Waals surface area contributed by atoms with Crippen LogP contribution in [0, 0.1) is 5.92 Å². The molecular formula is C14H26N2O2S. The van der Waals surface area contributed by atoms with E-state index in [9.17, 15) is 8.42 Å². The van der Waals surface area contributed by atoms with E-state index in [2.05, 4.69) is 23.3 Å². The van der Waals surface area contributed by atoms with Crippen LogP contribution >= 0.6 is 0 Å². The molecule has 2 aliphatic heterocycles. The fourth-order valence-corrected chi connectivity index (χ4v) is 4.93. The maximum absolute atomic E-state index is 11.4. The highest BCUT2D eigenvalue weighted by Crippen LogP contribution is 2.22. The standard InChI is InChI=1S/C14H26N2O2S/c1-13(2)11-16-8-6-15(7-9-16)5-3-14-4-10-19(17,18)12-14/h14H,1,3-12H2,2H3. The Bertz CT molecular complexity index is 411. The normalized spacial score (nSPS) is 28.6. The lowest BCUT2D eigenvalue weighted by Gasteiger charge is -2.35. The van der Waals surface area contributed by atoms with E-state index in [1.807, 2.05) is 0 Å². The number of nitrogens with zero attached hydrogens (tertiary/aromatic N) is 2. The third-order valence-electron chi connectivity index (χ3n) is 4.14. The van der Waals surface area contributed by atoms with E-state index in [1.54, 1.807) is 0 Å². The molecule has 0 N–H and O–H groups in total. The van der Waals surface area contributed by atoms with Crippen LogP contribution in [0.1, 0.15) is 19.8 Å². The molecule has 0 amide bonds. The fraction of sp³-hybridized carbons (Fsp3) is 0.857. The molecule has 1 atom stereocenters. The van der Waals surface area contributed by atoms with Gasteiger partial charge in [-0.3, -0.25) is 4.90 Å². The summed E-state index contributed by atoms with van der Waals surface area (Å²) in [7, 11) is -2.71. The Kier molecular flexibility index (Phi) is 5.03. The van der Waals surface area contributed by atoms with Gasteiger partial charge in [0.15, 0.2) is 9.84 Å². The van der Waals surface area contributed by atoms with Crippen LogP contribution in [0.25, 0.3) is 0 Å². The molecule has 2 saturated heterocycles. The third-order valence-corrected chi connectivity index (χ3v) is 5.98. The molecule has 19 heavy (non-hydrogen) atoms. The SMILES string of the molecule is C=C(C)CN1CCN(CCC2CCS(=O)(=O)C2)CC1. The van der Waals surface area contributed by atoms with E-state index in [0.29, 0.717) is 17.4 Å². The molecule has 0 aromatic carbocycles. The first-order valence-corrected chi connectivity index (χ1v) is 9.06. The minimum absolute atomic E-state index is 0.401. The lowest BCUT2D eigenvalue weighted by atomic mass is 10.0. The van der Waals surface area contributed by atoms with Gasteiger partial charge in [-0.2, -0.15) is 0 Å². The monoisotopic (exact) mass is 286 g/mol. The highest BCUT2D eigenvalue weighted by molar-refractivity contribution is 7.91. The van der Waals surface area contributed by atoms with Gasteiger partial charge in [0.05, 0.1) is 11.5 Å². The molecular weight excluding hydrogens is 260 g/mol. The van der Waals surface area contributed by atoms with Gasteiger partial charge >= 0.3 is 0 Å². The van der Waals surface area contributed by atoms with Crippen molar-refractivity contribution in [1.82, 2.24) is 9.80 Å². The van der Waals surface area contributed by atoms with Crippen molar-refractivity contribution >= 4 is 9.84 Å². The van der Waals surface area contributed by atoms with Crippen molar-refractivity contribution in [2.24, 2.45) is 5.92 Å². The zero-order chi connectivity index (χ0) is 13.9. The summed E-state index contributed by atoms with van der Waals surface area (Å²) in [6, 6.07) is 0. The second-order valence-electron chi connectivity index (χ2n) is 6.13. The van der Waals surface area contributed by atoms with Gasteiger partial charge in [-0.15, -0.1) is 0 Å². The van der Waals surface area contributed by atoms with Gasteiger partial charge in [-0.05, 0) is 32.2 Å². The molecule has 1 unspecified atom stereocenters. The maximum atomic E-state index is 11.4. The number of hydrogen-bond acceptors (Lipinski definition) is 4. The number of sulfone groups is 1. The minimum atomic E-state index is -2.71. The topological polar surface area (TPSA) is 40.6 Å². The first-order chi connectivity index (χ1) is 8.94. The molecule has 0 aliphatic carbocycles. The van der Waals surface area contributed by atoms with Crippen LogP contribution in [0.15, 0.2) is 12.2 Å². The summed E-state index contributed by atoms with van der Waals surface area (Å²) in [6.45, 7) is 12.5. The molecule has 2 rings (SSSR count). The quantitative estimate of drug-likeness (QED) is 0.707. The van der Waals surface area contributed by atoms with Gasteiger partial charge in [0, 0.05) is 32.7 Å². The highest BCUT2D eigenvalue weighted by atomic mass is 32.2. The van der Waals surface area contributed by atoms with Gasteiger partial charge in [0.25, 0.3) is 0 Å². The van der Waals surface area contributed by atoms with Crippen LogP contribution in [0.3, 0.4) is 0 Å². The van der Waals surface area contributed by atoms with Crippen molar-refractivity contribution in [2.75, 3.05) is 50.8 Å². The average Bonchev–Trinajstić information content (AvgIpc) is 2.67. The lowest BCUT2D eigenvalue weighted by molar-refractivity contribution is 0.135. The number of rotatable bonds is 5. The lowest BCUT2D eigenvalue weighted by Crippen LogP contribution is -2.47. The van der Waals surface area contributed by atoms with E-state index in [4.69, 9.17) is 0 Å². The summed E-state index contributed by atoms with van der Waals surface area (Å²) in [5.41, 5.74) is 1.23. The van der Waals surface area contributed by atoms with Gasteiger partial charge in [0.2, 0.25) is 0 Å². The first kappa shape index (κ1) is 15.0. The molecule has 110 valence electrons. The maximum Gasteiger partial charge on any atom is 0.150 e. The van der Waals surface area contributed by atoms with Crippen molar-refractivity contribution in [3.05, 3.63) is 12.2 Å². The second kappa shape index (κ2) is 6.37. The molecule has 0 bridgehead atoms. The molecule has 2 aliphatic rings. The molecule has 5 heteroatoms. The second-order valence-corrected chi connectivity index (χ2v) is 8.36. The van der Waals surface area contributed by atoms with Crippen LogP contribution in [-0.4, -0.2) is 69.0 Å². The molecule has 0 radical (unpaired) electrons. The Morgan fingerprint density at radius 2 is 1.84 bits per heavy atom. The molecule has 2 fully saturated rings. The van der Waals surface area contributed by atoms with E-state index < -0.39 is 9.84 Å². The summed E-state index contributed by atoms with van der Waals surface area (Å²) in [5, 5.41) is 0. The van der Waals surface area contributed by atoms with Crippen molar-refractivity contribution in [2.45, 2.75) is 19.8 Å². The van der Waals surface area contributed by atoms with E-state index >= 15 is 0 Å². The summed E-state index contributed by atoms with van der Waals surface area (Å²) in [5.74, 6) is 1.23. The molecule has 2 heterocycles. The summed E-state index contributed by atoms with van der Waals surface area (Å²) in [4.78, 5) is 4.92. The summed E-state index contributed by atoms with van der Waals surface area (Å²) < 4.78 is 22.8. The van der Waals surface area contributed by atoms with Crippen molar-refractivity contribution in [1.29, 1.82) is 0 Å². The average molecular weight is 286 g/mol. The first-order valence-electron chi connectivity index (χ1n) is 7.24. The van der Waals surface area contributed by atoms with Crippen LogP contribution in [-0.2, 0) is 9.84 Å².